The predicted molar refractivity (Wildman–Crippen MR) is 69.5 cm³/mol. The lowest BCUT2D eigenvalue weighted by molar-refractivity contribution is 0.0595. The van der Waals surface area contributed by atoms with Crippen LogP contribution in [0.1, 0.15) is 15.5 Å². The van der Waals surface area contributed by atoms with E-state index in [9.17, 15) is 4.79 Å². The molecule has 0 unspecified atom stereocenters. The van der Waals surface area contributed by atoms with Gasteiger partial charge in [-0.1, -0.05) is 18.2 Å². The zero-order valence-electron chi connectivity index (χ0n) is 9.25. The van der Waals surface area contributed by atoms with Crippen molar-refractivity contribution in [1.82, 2.24) is 4.98 Å². The third kappa shape index (κ3) is 3.31. The minimum atomic E-state index is -0.378. The van der Waals surface area contributed by atoms with Crippen molar-refractivity contribution in [3.05, 3.63) is 46.4 Å². The minimum Gasteiger partial charge on any atom is -0.464 e. The van der Waals surface area contributed by atoms with Crippen molar-refractivity contribution in [3.8, 4) is 0 Å². The molecule has 0 N–H and O–H groups in total. The van der Waals surface area contributed by atoms with Gasteiger partial charge in [-0.05, 0) is 12.1 Å². The predicted octanol–water partition coefficient (Wildman–Crippen LogP) is 3.22. The standard InChI is InChI=1S/C12H11NO2S2/c1-15-12(14)10-7-17-11(13-10)8-16-9-5-3-2-4-6-9/h2-7H,8H2,1H3. The number of hydrogen-bond donors (Lipinski definition) is 0. The van der Waals surface area contributed by atoms with E-state index in [1.807, 2.05) is 18.2 Å². The number of carbonyl (C=O) groups is 1. The van der Waals surface area contributed by atoms with Gasteiger partial charge in [0.2, 0.25) is 0 Å². The van der Waals surface area contributed by atoms with E-state index in [0.29, 0.717) is 5.69 Å². The van der Waals surface area contributed by atoms with Crippen LogP contribution in [0.15, 0.2) is 40.6 Å². The number of nitrogens with zero attached hydrogens (tertiary/aromatic N) is 1. The number of methoxy groups -OCH3 is 1. The van der Waals surface area contributed by atoms with E-state index in [2.05, 4.69) is 21.9 Å². The van der Waals surface area contributed by atoms with Gasteiger partial charge in [-0.3, -0.25) is 0 Å². The van der Waals surface area contributed by atoms with Crippen molar-refractivity contribution < 1.29 is 9.53 Å². The van der Waals surface area contributed by atoms with E-state index in [1.165, 1.54) is 23.3 Å². The first-order valence-corrected chi connectivity index (χ1v) is 6.86. The van der Waals surface area contributed by atoms with Crippen LogP contribution in [0.5, 0.6) is 0 Å². The highest BCUT2D eigenvalue weighted by Gasteiger charge is 2.10. The Bertz CT molecular complexity index is 496. The summed E-state index contributed by atoms with van der Waals surface area (Å²) in [6.45, 7) is 0. The Balaban J connectivity index is 1.96. The van der Waals surface area contributed by atoms with Crippen LogP contribution in [0.25, 0.3) is 0 Å². The minimum absolute atomic E-state index is 0.378. The van der Waals surface area contributed by atoms with Gasteiger partial charge in [-0.25, -0.2) is 9.78 Å². The summed E-state index contributed by atoms with van der Waals surface area (Å²) in [5, 5.41) is 2.66. The van der Waals surface area contributed by atoms with Gasteiger partial charge in [-0.15, -0.1) is 23.1 Å². The lowest BCUT2D eigenvalue weighted by atomic mass is 10.4. The number of thiazole rings is 1. The molecule has 2 aromatic rings. The second kappa shape index (κ2) is 5.84. The molecule has 3 nitrogen and oxygen atoms in total. The maximum absolute atomic E-state index is 11.2. The highest BCUT2D eigenvalue weighted by atomic mass is 32.2. The maximum Gasteiger partial charge on any atom is 0.357 e. The topological polar surface area (TPSA) is 39.2 Å². The Morgan fingerprint density at radius 2 is 2.18 bits per heavy atom. The molecule has 1 heterocycles. The lowest BCUT2D eigenvalue weighted by Crippen LogP contribution is -2.01. The molecule has 88 valence electrons. The summed E-state index contributed by atoms with van der Waals surface area (Å²) >= 11 is 3.18. The van der Waals surface area contributed by atoms with Crippen LogP contribution < -0.4 is 0 Å². The van der Waals surface area contributed by atoms with Crippen molar-refractivity contribution in [2.24, 2.45) is 0 Å². The summed E-state index contributed by atoms with van der Waals surface area (Å²) in [6, 6.07) is 10.1. The maximum atomic E-state index is 11.2. The van der Waals surface area contributed by atoms with Crippen LogP contribution >= 0.6 is 23.1 Å². The number of carbonyl (C=O) groups excluding carboxylic acids is 1. The smallest absolute Gasteiger partial charge is 0.357 e. The highest BCUT2D eigenvalue weighted by Crippen LogP contribution is 2.24. The van der Waals surface area contributed by atoms with Gasteiger partial charge in [0.1, 0.15) is 5.01 Å². The molecule has 0 saturated heterocycles. The third-order valence-corrected chi connectivity index (χ3v) is 4.11. The Labute approximate surface area is 108 Å². The Hall–Kier alpha value is -1.33. The van der Waals surface area contributed by atoms with Crippen molar-refractivity contribution in [2.75, 3.05) is 7.11 Å². The number of thioether (sulfide) groups is 1. The molecule has 0 aliphatic heterocycles. The van der Waals surface area contributed by atoms with E-state index in [4.69, 9.17) is 0 Å². The number of esters is 1. The largest absolute Gasteiger partial charge is 0.464 e. The SMILES string of the molecule is COC(=O)c1csc(CSc2ccccc2)n1. The van der Waals surface area contributed by atoms with Crippen LogP contribution in [-0.4, -0.2) is 18.1 Å². The zero-order chi connectivity index (χ0) is 12.1. The van der Waals surface area contributed by atoms with Crippen molar-refractivity contribution in [3.63, 3.8) is 0 Å². The highest BCUT2D eigenvalue weighted by molar-refractivity contribution is 7.98. The van der Waals surface area contributed by atoms with Crippen LogP contribution in [-0.2, 0) is 10.5 Å². The average molecular weight is 265 g/mol. The van der Waals surface area contributed by atoms with Gasteiger partial charge in [-0.2, -0.15) is 0 Å². The summed E-state index contributed by atoms with van der Waals surface area (Å²) in [5.74, 6) is 0.392. The summed E-state index contributed by atoms with van der Waals surface area (Å²) in [4.78, 5) is 16.6. The molecular formula is C12H11NO2S2. The fourth-order valence-corrected chi connectivity index (χ4v) is 2.94. The fraction of sp³-hybridized carbons (Fsp3) is 0.167. The molecule has 0 amide bonds. The van der Waals surface area contributed by atoms with Crippen molar-refractivity contribution in [2.45, 2.75) is 10.6 Å². The summed E-state index contributed by atoms with van der Waals surface area (Å²) in [6.07, 6.45) is 0. The van der Waals surface area contributed by atoms with E-state index >= 15 is 0 Å². The van der Waals surface area contributed by atoms with Gasteiger partial charge in [0.25, 0.3) is 0 Å². The number of ether oxygens (including phenoxy) is 1. The Morgan fingerprint density at radius 1 is 1.41 bits per heavy atom. The molecule has 1 aromatic carbocycles. The number of rotatable bonds is 4. The second-order valence-corrected chi connectivity index (χ2v) is 5.21. The van der Waals surface area contributed by atoms with Gasteiger partial charge < -0.3 is 4.74 Å². The molecule has 0 spiro atoms. The summed E-state index contributed by atoms with van der Waals surface area (Å²) < 4.78 is 4.61. The number of aromatic nitrogens is 1. The molecule has 1 aromatic heterocycles. The molecular weight excluding hydrogens is 254 g/mol. The molecule has 0 fully saturated rings. The molecule has 0 bridgehead atoms. The molecule has 0 aliphatic carbocycles. The van der Waals surface area contributed by atoms with Gasteiger partial charge in [0.05, 0.1) is 12.9 Å². The summed E-state index contributed by atoms with van der Waals surface area (Å²) in [7, 11) is 1.36. The monoisotopic (exact) mass is 265 g/mol. The first kappa shape index (κ1) is 12.1. The van der Waals surface area contributed by atoms with Gasteiger partial charge >= 0.3 is 5.97 Å². The number of benzene rings is 1. The van der Waals surface area contributed by atoms with Gasteiger partial charge in [0.15, 0.2) is 5.69 Å². The summed E-state index contributed by atoms with van der Waals surface area (Å²) in [5.41, 5.74) is 0.390. The average Bonchev–Trinajstić information content (AvgIpc) is 2.85. The fourth-order valence-electron chi connectivity index (χ4n) is 1.24. The molecule has 0 saturated carbocycles. The lowest BCUT2D eigenvalue weighted by Gasteiger charge is -1.97. The van der Waals surface area contributed by atoms with E-state index in [-0.39, 0.29) is 5.97 Å². The van der Waals surface area contributed by atoms with E-state index < -0.39 is 0 Å². The van der Waals surface area contributed by atoms with Crippen molar-refractivity contribution >= 4 is 29.1 Å². The molecule has 5 heteroatoms. The third-order valence-electron chi connectivity index (χ3n) is 2.05. The molecule has 2 rings (SSSR count). The molecule has 0 radical (unpaired) electrons. The van der Waals surface area contributed by atoms with E-state index in [0.717, 1.165) is 10.8 Å². The second-order valence-electron chi connectivity index (χ2n) is 3.22. The molecule has 0 aliphatic rings. The quantitative estimate of drug-likeness (QED) is 0.628. The van der Waals surface area contributed by atoms with Crippen LogP contribution in [0.4, 0.5) is 0 Å². The Morgan fingerprint density at radius 3 is 2.88 bits per heavy atom. The molecule has 17 heavy (non-hydrogen) atoms. The number of hydrogen-bond acceptors (Lipinski definition) is 5. The Kier molecular flexibility index (Phi) is 4.17. The van der Waals surface area contributed by atoms with Crippen LogP contribution in [0.3, 0.4) is 0 Å². The first-order chi connectivity index (χ1) is 8.29. The van der Waals surface area contributed by atoms with Gasteiger partial charge in [0, 0.05) is 10.3 Å². The zero-order valence-corrected chi connectivity index (χ0v) is 10.9. The van der Waals surface area contributed by atoms with E-state index in [1.54, 1.807) is 17.1 Å². The molecule has 0 atom stereocenters. The van der Waals surface area contributed by atoms with Crippen LogP contribution in [0.2, 0.25) is 0 Å². The van der Waals surface area contributed by atoms with Crippen LogP contribution in [0, 0.1) is 0 Å². The van der Waals surface area contributed by atoms with Crippen molar-refractivity contribution in [1.29, 1.82) is 0 Å². The first-order valence-electron chi connectivity index (χ1n) is 5.00. The normalized spacial score (nSPS) is 10.2.